The fourth-order valence-corrected chi connectivity index (χ4v) is 1.82. The zero-order chi connectivity index (χ0) is 14.6. The van der Waals surface area contributed by atoms with E-state index in [1.165, 1.54) is 0 Å². The average Bonchev–Trinajstić information content (AvgIpc) is 2.48. The molecule has 1 rings (SSSR count). The van der Waals surface area contributed by atoms with Gasteiger partial charge in [0.2, 0.25) is 0 Å². The molecule has 4 heteroatoms. The molecule has 1 aromatic rings. The van der Waals surface area contributed by atoms with Gasteiger partial charge in [-0.2, -0.15) is 0 Å². The van der Waals surface area contributed by atoms with Crippen LogP contribution in [0.15, 0.2) is 24.3 Å². The summed E-state index contributed by atoms with van der Waals surface area (Å²) in [5, 5.41) is 6.02. The molecule has 0 aromatic heterocycles. The highest BCUT2D eigenvalue weighted by molar-refractivity contribution is 5.94. The molecular formula is C16H30N2O2. The van der Waals surface area contributed by atoms with Crippen LogP contribution in [0.5, 0.6) is 0 Å². The van der Waals surface area contributed by atoms with Gasteiger partial charge < -0.3 is 15.4 Å². The van der Waals surface area contributed by atoms with E-state index < -0.39 is 0 Å². The number of unbranched alkanes of at least 4 members (excludes halogenated alkanes) is 1. The summed E-state index contributed by atoms with van der Waals surface area (Å²) in [5.74, 6) is -0.00418. The van der Waals surface area contributed by atoms with Gasteiger partial charge in [-0.15, -0.1) is 0 Å². The summed E-state index contributed by atoms with van der Waals surface area (Å²) in [6.07, 6.45) is 3.09. The largest absolute Gasteiger partial charge is 0.377 e. The molecule has 20 heavy (non-hydrogen) atoms. The first-order chi connectivity index (χ1) is 9.77. The number of rotatable bonds is 10. The Bertz CT molecular complexity index is 386. The third-order valence-corrected chi connectivity index (χ3v) is 2.97. The Labute approximate surface area is 124 Å². The fourth-order valence-electron chi connectivity index (χ4n) is 1.82. The number of amides is 1. The average molecular weight is 282 g/mol. The first-order valence-electron chi connectivity index (χ1n) is 7.37. The smallest absolute Gasteiger partial charge is 0.251 e. The first kappa shape index (κ1) is 16.7. The Hall–Kier alpha value is -1.39. The second-order valence-electron chi connectivity index (χ2n) is 4.82. The maximum absolute atomic E-state index is 11.9. The number of hydrogen-bond donors (Lipinski definition) is 2. The highest BCUT2D eigenvalue weighted by Crippen LogP contribution is 2.06. The van der Waals surface area contributed by atoms with Crippen molar-refractivity contribution in [2.24, 2.45) is 0 Å². The summed E-state index contributed by atoms with van der Waals surface area (Å²) in [7, 11) is 1.93. The van der Waals surface area contributed by atoms with Crippen LogP contribution in [0.4, 0.5) is 0 Å². The Morgan fingerprint density at radius 3 is 2.55 bits per heavy atom. The van der Waals surface area contributed by atoms with Crippen molar-refractivity contribution in [3.63, 3.8) is 0 Å². The lowest BCUT2D eigenvalue weighted by atomic mass is 10.1. The number of carbonyl (C=O) groups excluding carboxylic acids is 1. The van der Waals surface area contributed by atoms with E-state index in [0.717, 1.165) is 44.5 Å². The van der Waals surface area contributed by atoms with Gasteiger partial charge in [0.1, 0.15) is 0 Å². The summed E-state index contributed by atoms with van der Waals surface area (Å²) in [6.45, 7) is 5.18. The molecule has 1 amide bonds. The molecule has 0 fully saturated rings. The van der Waals surface area contributed by atoms with Crippen LogP contribution in [0.3, 0.4) is 0 Å². The van der Waals surface area contributed by atoms with Crippen LogP contribution in [-0.2, 0) is 11.3 Å². The van der Waals surface area contributed by atoms with Crippen molar-refractivity contribution in [2.75, 3.05) is 26.7 Å². The van der Waals surface area contributed by atoms with Gasteiger partial charge in [0.15, 0.2) is 0 Å². The van der Waals surface area contributed by atoms with Gasteiger partial charge in [-0.05, 0) is 50.6 Å². The first-order valence-corrected chi connectivity index (χ1v) is 7.37. The highest BCUT2D eigenvalue weighted by Gasteiger charge is 2.04. The number of carbonyl (C=O) groups is 1. The molecule has 0 spiro atoms. The Morgan fingerprint density at radius 1 is 1.20 bits per heavy atom. The van der Waals surface area contributed by atoms with Crippen LogP contribution < -0.4 is 10.6 Å². The molecule has 0 unspecified atom stereocenters. The van der Waals surface area contributed by atoms with Crippen LogP contribution in [0.2, 0.25) is 0 Å². The minimum atomic E-state index is -0.00418. The molecule has 0 saturated heterocycles. The second kappa shape index (κ2) is 10.4. The van der Waals surface area contributed by atoms with Gasteiger partial charge in [-0.1, -0.05) is 19.1 Å². The standard InChI is InChI=1S/C16H26N2O2.2H2/c1-3-12-20-13-14-6-8-15(9-7-14)16(19)18-11-5-4-10-17-2;;/h6-9,17H,3-5,10-13H2,1-2H3,(H,18,19);2*1H. The normalized spacial score (nSPS) is 10.5. The topological polar surface area (TPSA) is 50.4 Å². The van der Waals surface area contributed by atoms with Gasteiger partial charge in [-0.3, -0.25) is 4.79 Å². The van der Waals surface area contributed by atoms with Crippen molar-refractivity contribution in [3.05, 3.63) is 35.4 Å². The molecule has 4 nitrogen and oxygen atoms in total. The summed E-state index contributed by atoms with van der Waals surface area (Å²) >= 11 is 0. The van der Waals surface area contributed by atoms with E-state index in [1.54, 1.807) is 0 Å². The van der Waals surface area contributed by atoms with E-state index in [4.69, 9.17) is 4.74 Å². The van der Waals surface area contributed by atoms with Crippen LogP contribution in [0.1, 0.15) is 45.0 Å². The summed E-state index contributed by atoms with van der Waals surface area (Å²) in [5.41, 5.74) is 1.81. The van der Waals surface area contributed by atoms with E-state index in [-0.39, 0.29) is 8.76 Å². The van der Waals surface area contributed by atoms with Crippen LogP contribution >= 0.6 is 0 Å². The monoisotopic (exact) mass is 282 g/mol. The molecule has 0 radical (unpaired) electrons. The predicted molar refractivity (Wildman–Crippen MR) is 86.1 cm³/mol. The highest BCUT2D eigenvalue weighted by atomic mass is 16.5. The fraction of sp³-hybridized carbons (Fsp3) is 0.562. The van der Waals surface area contributed by atoms with Crippen LogP contribution in [0.25, 0.3) is 0 Å². The molecule has 0 aliphatic rings. The van der Waals surface area contributed by atoms with Gasteiger partial charge in [0.05, 0.1) is 6.61 Å². The lowest BCUT2D eigenvalue weighted by Crippen LogP contribution is -2.25. The van der Waals surface area contributed by atoms with Gasteiger partial charge in [-0.25, -0.2) is 0 Å². The maximum atomic E-state index is 11.9. The van der Waals surface area contributed by atoms with Gasteiger partial charge in [0.25, 0.3) is 5.91 Å². The predicted octanol–water partition coefficient (Wildman–Crippen LogP) is 2.83. The van der Waals surface area contributed by atoms with E-state index in [2.05, 4.69) is 17.6 Å². The Balaban J connectivity index is 0. The van der Waals surface area contributed by atoms with Crippen molar-refractivity contribution in [3.8, 4) is 0 Å². The van der Waals surface area contributed by atoms with Crippen molar-refractivity contribution >= 4 is 5.91 Å². The molecule has 0 heterocycles. The van der Waals surface area contributed by atoms with E-state index in [9.17, 15) is 4.79 Å². The number of hydrogen-bond acceptors (Lipinski definition) is 3. The molecule has 0 aliphatic carbocycles. The summed E-state index contributed by atoms with van der Waals surface area (Å²) in [4.78, 5) is 11.9. The molecule has 0 bridgehead atoms. The maximum Gasteiger partial charge on any atom is 0.251 e. The number of nitrogens with one attached hydrogen (secondary N) is 2. The molecule has 0 atom stereocenters. The lowest BCUT2D eigenvalue weighted by Gasteiger charge is -2.07. The zero-order valence-corrected chi connectivity index (χ0v) is 12.6. The Kier molecular flexibility index (Phi) is 8.67. The van der Waals surface area contributed by atoms with E-state index in [1.807, 2.05) is 31.3 Å². The molecule has 0 saturated carbocycles. The van der Waals surface area contributed by atoms with Crippen LogP contribution in [0, 0.1) is 0 Å². The quantitative estimate of drug-likeness (QED) is 0.649. The van der Waals surface area contributed by atoms with Crippen molar-refractivity contribution < 1.29 is 12.4 Å². The number of benzene rings is 1. The minimum absolute atomic E-state index is 0. The third-order valence-electron chi connectivity index (χ3n) is 2.97. The third kappa shape index (κ3) is 6.68. The molecule has 116 valence electrons. The molecular weight excluding hydrogens is 252 g/mol. The minimum Gasteiger partial charge on any atom is -0.377 e. The van der Waals surface area contributed by atoms with Gasteiger partial charge in [0, 0.05) is 21.6 Å². The van der Waals surface area contributed by atoms with Gasteiger partial charge >= 0.3 is 0 Å². The number of ether oxygens (including phenoxy) is 1. The summed E-state index contributed by atoms with van der Waals surface area (Å²) < 4.78 is 5.47. The van der Waals surface area contributed by atoms with E-state index in [0.29, 0.717) is 12.2 Å². The lowest BCUT2D eigenvalue weighted by molar-refractivity contribution is 0.0952. The van der Waals surface area contributed by atoms with E-state index >= 15 is 0 Å². The van der Waals surface area contributed by atoms with Crippen LogP contribution in [-0.4, -0.2) is 32.7 Å². The van der Waals surface area contributed by atoms with Crippen molar-refractivity contribution in [1.82, 2.24) is 10.6 Å². The van der Waals surface area contributed by atoms with Crippen molar-refractivity contribution in [1.29, 1.82) is 0 Å². The molecule has 0 aliphatic heterocycles. The zero-order valence-electron chi connectivity index (χ0n) is 12.6. The summed E-state index contributed by atoms with van der Waals surface area (Å²) in [6, 6.07) is 7.61. The molecule has 2 N–H and O–H groups in total. The second-order valence-corrected chi connectivity index (χ2v) is 4.82. The van der Waals surface area contributed by atoms with Crippen molar-refractivity contribution in [2.45, 2.75) is 32.8 Å². The Morgan fingerprint density at radius 2 is 1.90 bits per heavy atom. The SMILES string of the molecule is CCCOCc1ccc(C(=O)NCCCCNC)cc1.[HH].[HH]. The molecule has 1 aromatic carbocycles.